The molecule has 3 N–H and O–H groups in total. The zero-order chi connectivity index (χ0) is 14.9. The van der Waals surface area contributed by atoms with E-state index in [2.05, 4.69) is 10.5 Å². The molecule has 0 saturated carbocycles. The number of carbonyl (C=O) groups is 1. The van der Waals surface area contributed by atoms with Gasteiger partial charge in [-0.05, 0) is 25.1 Å². The Labute approximate surface area is 113 Å². The number of nitrogens with zero attached hydrogens (tertiary/aromatic N) is 1. The fourth-order valence-corrected chi connectivity index (χ4v) is 2.03. The number of halogens is 1. The summed E-state index contributed by atoms with van der Waals surface area (Å²) in [6.45, 7) is 1.63. The Kier molecular flexibility index (Phi) is 3.55. The molecule has 7 nitrogen and oxygen atoms in total. The van der Waals surface area contributed by atoms with Crippen molar-refractivity contribution in [2.24, 2.45) is 5.14 Å². The van der Waals surface area contributed by atoms with Crippen LogP contribution in [-0.4, -0.2) is 19.5 Å². The predicted octanol–water partition coefficient (Wildman–Crippen LogP) is 1.02. The summed E-state index contributed by atoms with van der Waals surface area (Å²) in [4.78, 5) is 11.3. The third kappa shape index (κ3) is 3.19. The van der Waals surface area contributed by atoms with Gasteiger partial charge in [-0.15, -0.1) is 0 Å². The van der Waals surface area contributed by atoms with Gasteiger partial charge >= 0.3 is 0 Å². The highest BCUT2D eigenvalue weighted by Crippen LogP contribution is 2.18. The molecule has 0 aliphatic rings. The minimum absolute atomic E-state index is 0.0620. The third-order valence-electron chi connectivity index (χ3n) is 2.31. The monoisotopic (exact) mass is 299 g/mol. The van der Waals surface area contributed by atoms with Gasteiger partial charge in [0.25, 0.3) is 5.91 Å². The lowest BCUT2D eigenvalue weighted by atomic mass is 10.3. The Balaban J connectivity index is 2.30. The first-order valence-corrected chi connectivity index (χ1v) is 6.88. The number of carbonyl (C=O) groups excluding carboxylic acids is 1. The summed E-state index contributed by atoms with van der Waals surface area (Å²) in [6.07, 6.45) is 0. The second kappa shape index (κ2) is 5.02. The van der Waals surface area contributed by atoms with Gasteiger partial charge in [0.1, 0.15) is 5.82 Å². The van der Waals surface area contributed by atoms with Crippen LogP contribution in [0.25, 0.3) is 0 Å². The van der Waals surface area contributed by atoms with Crippen molar-refractivity contribution in [1.29, 1.82) is 0 Å². The summed E-state index contributed by atoms with van der Waals surface area (Å²) in [6, 6.07) is 4.13. The molecule has 0 saturated heterocycles. The molecule has 0 fully saturated rings. The van der Waals surface area contributed by atoms with Gasteiger partial charge in [-0.2, -0.15) is 0 Å². The van der Waals surface area contributed by atoms with Crippen LogP contribution in [0.3, 0.4) is 0 Å². The molecule has 2 aromatic rings. The van der Waals surface area contributed by atoms with Gasteiger partial charge in [0, 0.05) is 11.8 Å². The van der Waals surface area contributed by atoms with E-state index in [9.17, 15) is 17.6 Å². The third-order valence-corrected chi connectivity index (χ3v) is 3.20. The van der Waals surface area contributed by atoms with E-state index < -0.39 is 26.6 Å². The van der Waals surface area contributed by atoms with Crippen molar-refractivity contribution >= 4 is 21.6 Å². The van der Waals surface area contributed by atoms with E-state index in [0.29, 0.717) is 5.69 Å². The van der Waals surface area contributed by atoms with Crippen LogP contribution in [0, 0.1) is 12.7 Å². The standard InChI is InChI=1S/C11H10FN3O4S/c1-6-2-10(19-15-6)11(16)14-8-3-7(12)4-9(5-8)20(13,17)18/h2-5H,1H3,(H,14,16)(H2,13,17,18). The molecule has 0 aliphatic carbocycles. The number of aryl methyl sites for hydroxylation is 1. The van der Waals surface area contributed by atoms with Gasteiger partial charge in [-0.25, -0.2) is 17.9 Å². The van der Waals surface area contributed by atoms with Crippen LogP contribution in [0.4, 0.5) is 10.1 Å². The maximum absolute atomic E-state index is 13.3. The number of primary sulfonamides is 1. The molecule has 1 heterocycles. The molecule has 0 bridgehead atoms. The Bertz CT molecular complexity index is 770. The first-order chi connectivity index (χ1) is 9.25. The van der Waals surface area contributed by atoms with E-state index in [1.54, 1.807) is 6.92 Å². The molecular formula is C11H10FN3O4S. The van der Waals surface area contributed by atoms with E-state index in [-0.39, 0.29) is 11.4 Å². The van der Waals surface area contributed by atoms with Gasteiger partial charge in [0.2, 0.25) is 15.8 Å². The molecule has 20 heavy (non-hydrogen) atoms. The van der Waals surface area contributed by atoms with E-state index in [1.165, 1.54) is 6.07 Å². The average Bonchev–Trinajstić information content (AvgIpc) is 2.74. The summed E-state index contributed by atoms with van der Waals surface area (Å²) in [5.74, 6) is -1.61. The van der Waals surface area contributed by atoms with Gasteiger partial charge < -0.3 is 9.84 Å². The number of nitrogens with one attached hydrogen (secondary N) is 1. The number of anilines is 1. The second-order valence-electron chi connectivity index (χ2n) is 4.01. The number of nitrogens with two attached hydrogens (primary N) is 1. The first kappa shape index (κ1) is 14.2. The van der Waals surface area contributed by atoms with Crippen molar-refractivity contribution in [3.05, 3.63) is 41.5 Å². The SMILES string of the molecule is Cc1cc(C(=O)Nc2cc(F)cc(S(N)(=O)=O)c2)on1. The van der Waals surface area contributed by atoms with Crippen LogP contribution in [0.5, 0.6) is 0 Å². The maximum Gasteiger partial charge on any atom is 0.294 e. The van der Waals surface area contributed by atoms with Crippen molar-refractivity contribution in [3.63, 3.8) is 0 Å². The van der Waals surface area contributed by atoms with Crippen LogP contribution >= 0.6 is 0 Å². The molecule has 0 atom stereocenters. The highest BCUT2D eigenvalue weighted by molar-refractivity contribution is 7.89. The lowest BCUT2D eigenvalue weighted by Crippen LogP contribution is -2.15. The zero-order valence-corrected chi connectivity index (χ0v) is 11.1. The van der Waals surface area contributed by atoms with Crippen molar-refractivity contribution in [1.82, 2.24) is 5.16 Å². The first-order valence-electron chi connectivity index (χ1n) is 5.34. The van der Waals surface area contributed by atoms with Gasteiger partial charge in [-0.1, -0.05) is 5.16 Å². The van der Waals surface area contributed by atoms with E-state index in [0.717, 1.165) is 18.2 Å². The number of sulfonamides is 1. The van der Waals surface area contributed by atoms with Gasteiger partial charge in [-0.3, -0.25) is 4.79 Å². The van der Waals surface area contributed by atoms with Crippen molar-refractivity contribution < 1.29 is 22.1 Å². The topological polar surface area (TPSA) is 115 Å². The van der Waals surface area contributed by atoms with Crippen LogP contribution in [0.1, 0.15) is 16.2 Å². The average molecular weight is 299 g/mol. The molecule has 0 unspecified atom stereocenters. The van der Waals surface area contributed by atoms with Crippen molar-refractivity contribution in [2.75, 3.05) is 5.32 Å². The van der Waals surface area contributed by atoms with E-state index in [1.807, 2.05) is 0 Å². The summed E-state index contributed by atoms with van der Waals surface area (Å²) < 4.78 is 40.4. The number of hydrogen-bond acceptors (Lipinski definition) is 5. The molecule has 1 aromatic carbocycles. The zero-order valence-electron chi connectivity index (χ0n) is 10.3. The Morgan fingerprint density at radius 3 is 2.60 bits per heavy atom. The van der Waals surface area contributed by atoms with Crippen molar-refractivity contribution in [2.45, 2.75) is 11.8 Å². The Morgan fingerprint density at radius 1 is 1.35 bits per heavy atom. The van der Waals surface area contributed by atoms with E-state index >= 15 is 0 Å². The number of aromatic nitrogens is 1. The highest BCUT2D eigenvalue weighted by atomic mass is 32.2. The summed E-state index contributed by atoms with van der Waals surface area (Å²) in [5.41, 5.74) is 0.438. The van der Waals surface area contributed by atoms with Crippen LogP contribution in [-0.2, 0) is 10.0 Å². The summed E-state index contributed by atoms with van der Waals surface area (Å²) in [7, 11) is -4.07. The fraction of sp³-hybridized carbons (Fsp3) is 0.0909. The second-order valence-corrected chi connectivity index (χ2v) is 5.57. The fourth-order valence-electron chi connectivity index (χ4n) is 1.46. The molecule has 2 rings (SSSR count). The highest BCUT2D eigenvalue weighted by Gasteiger charge is 2.15. The van der Waals surface area contributed by atoms with Crippen LogP contribution in [0.2, 0.25) is 0 Å². The van der Waals surface area contributed by atoms with Crippen molar-refractivity contribution in [3.8, 4) is 0 Å². The number of amides is 1. The molecule has 0 aliphatic heterocycles. The van der Waals surface area contributed by atoms with E-state index in [4.69, 9.17) is 9.66 Å². The summed E-state index contributed by atoms with van der Waals surface area (Å²) in [5, 5.41) is 10.7. The minimum Gasteiger partial charge on any atom is -0.351 e. The molecular weight excluding hydrogens is 289 g/mol. The van der Waals surface area contributed by atoms with Crippen LogP contribution < -0.4 is 10.5 Å². The number of hydrogen-bond donors (Lipinski definition) is 2. The molecule has 1 aromatic heterocycles. The predicted molar refractivity (Wildman–Crippen MR) is 67.0 cm³/mol. The number of rotatable bonds is 3. The lowest BCUT2D eigenvalue weighted by molar-refractivity contribution is 0.0988. The number of benzene rings is 1. The molecule has 1 amide bonds. The minimum atomic E-state index is -4.07. The largest absolute Gasteiger partial charge is 0.351 e. The van der Waals surface area contributed by atoms with Crippen LogP contribution in [0.15, 0.2) is 33.7 Å². The maximum atomic E-state index is 13.3. The molecule has 0 spiro atoms. The summed E-state index contributed by atoms with van der Waals surface area (Å²) >= 11 is 0. The van der Waals surface area contributed by atoms with Gasteiger partial charge in [0.15, 0.2) is 0 Å². The lowest BCUT2D eigenvalue weighted by Gasteiger charge is -2.05. The Hall–Kier alpha value is -2.26. The smallest absolute Gasteiger partial charge is 0.294 e. The Morgan fingerprint density at radius 2 is 2.05 bits per heavy atom. The quantitative estimate of drug-likeness (QED) is 0.878. The molecule has 9 heteroatoms. The van der Waals surface area contributed by atoms with Gasteiger partial charge in [0.05, 0.1) is 10.6 Å². The molecule has 106 valence electrons. The normalized spacial score (nSPS) is 11.3. The molecule has 0 radical (unpaired) electrons.